The van der Waals surface area contributed by atoms with E-state index in [-0.39, 0.29) is 75.1 Å². The number of aromatic nitrogens is 8. The molecule has 24 heteroatoms. The van der Waals surface area contributed by atoms with Gasteiger partial charge in [0.2, 0.25) is 35.6 Å². The average molecular weight is 963 g/mol. The zero-order valence-electron chi connectivity index (χ0n) is 36.9. The zero-order valence-corrected chi connectivity index (χ0v) is 38.7. The van der Waals surface area contributed by atoms with Crippen molar-refractivity contribution in [3.8, 4) is 0 Å². The lowest BCUT2D eigenvalue weighted by Gasteiger charge is -2.46. The van der Waals surface area contributed by atoms with E-state index in [1.165, 1.54) is 48.5 Å². The number of fused-ring (bicyclic) bond motifs is 2. The van der Waals surface area contributed by atoms with Gasteiger partial charge in [-0.1, -0.05) is 20.8 Å². The number of anilines is 10. The first-order valence-corrected chi connectivity index (χ1v) is 24.7. The van der Waals surface area contributed by atoms with Crippen molar-refractivity contribution >= 4 is 101 Å². The summed E-state index contributed by atoms with van der Waals surface area (Å²) in [5.41, 5.74) is 4.36. The number of hydrogen-bond donors (Lipinski definition) is 12. The van der Waals surface area contributed by atoms with Crippen LogP contribution in [-0.2, 0) is 26.8 Å². The number of aromatic amines is 2. The van der Waals surface area contributed by atoms with Crippen LogP contribution < -0.4 is 48.2 Å². The molecular weight excluding hydrogens is 915 g/mol. The number of nitrogens with zero attached hydrogens (tertiary/aromatic N) is 6. The summed E-state index contributed by atoms with van der Waals surface area (Å²) in [4.78, 5) is 96.2. The quantitative estimate of drug-likeness (QED) is 0.0541. The largest absolute Gasteiger partial charge is 0.356 e. The summed E-state index contributed by atoms with van der Waals surface area (Å²) in [7, 11) is -8.90. The molecule has 12 N–H and O–H groups in total. The van der Waals surface area contributed by atoms with Crippen LogP contribution in [-0.4, -0.2) is 71.9 Å². The van der Waals surface area contributed by atoms with E-state index < -0.39 is 15.2 Å². The Kier molecular flexibility index (Phi) is 12.1. The lowest BCUT2D eigenvalue weighted by Crippen LogP contribution is -2.41. The molecule has 1 amide bonds. The van der Waals surface area contributed by atoms with Crippen LogP contribution in [0.25, 0.3) is 11.0 Å². The summed E-state index contributed by atoms with van der Waals surface area (Å²) in [6, 6.07) is 22.2. The predicted molar refractivity (Wildman–Crippen MR) is 258 cm³/mol. The van der Waals surface area contributed by atoms with E-state index >= 15 is 0 Å². The number of nitrogens with one attached hydrogen (secondary N) is 8. The third kappa shape index (κ3) is 11.2. The predicted octanol–water partition coefficient (Wildman–Crippen LogP) is 5.79. The maximum Gasteiger partial charge on any atom is 0.356 e. The van der Waals surface area contributed by atoms with Crippen molar-refractivity contribution in [2.24, 2.45) is 16.7 Å². The fourth-order valence-electron chi connectivity index (χ4n) is 9.28. The number of H-pyrrole nitrogens is 2. The van der Waals surface area contributed by atoms with E-state index in [0.717, 1.165) is 30.5 Å². The monoisotopic (exact) mass is 962 g/mol. The van der Waals surface area contributed by atoms with E-state index in [2.05, 4.69) is 77.6 Å². The van der Waals surface area contributed by atoms with Crippen LogP contribution >= 0.6 is 15.2 Å². The molecular formula is C44H48N14O8P2. The maximum atomic E-state index is 12.0. The van der Waals surface area contributed by atoms with E-state index in [1.807, 2.05) is 18.2 Å². The number of benzene rings is 4. The molecule has 7 aromatic rings. The van der Waals surface area contributed by atoms with Crippen LogP contribution in [0.15, 0.2) is 89.7 Å². The summed E-state index contributed by atoms with van der Waals surface area (Å²) in [5, 5.41) is 18.8. The molecule has 0 radical (unpaired) electrons. The van der Waals surface area contributed by atoms with E-state index in [9.17, 15) is 38.3 Å². The van der Waals surface area contributed by atoms with Crippen LogP contribution in [0.1, 0.15) is 51.4 Å². The number of carbonyl (C=O) groups is 1. The second kappa shape index (κ2) is 17.9. The van der Waals surface area contributed by atoms with Crippen molar-refractivity contribution in [1.29, 1.82) is 0 Å². The lowest BCUT2D eigenvalue weighted by molar-refractivity contribution is -0.115. The Labute approximate surface area is 388 Å². The van der Waals surface area contributed by atoms with Gasteiger partial charge in [0.15, 0.2) is 0 Å². The Hall–Kier alpha value is -7.06. The fraction of sp³-hybridized carbons (Fsp3) is 0.273. The third-order valence-corrected chi connectivity index (χ3v) is 13.6. The van der Waals surface area contributed by atoms with Crippen LogP contribution in [0.4, 0.5) is 58.2 Å². The fourth-order valence-corrected chi connectivity index (χ4v) is 10.4. The summed E-state index contributed by atoms with van der Waals surface area (Å²) < 4.78 is 23.6. The first kappa shape index (κ1) is 46.1. The van der Waals surface area contributed by atoms with Gasteiger partial charge in [-0.3, -0.25) is 13.9 Å². The van der Waals surface area contributed by atoms with Crippen molar-refractivity contribution in [2.75, 3.05) is 38.4 Å². The molecule has 2 aliphatic rings. The van der Waals surface area contributed by atoms with Gasteiger partial charge in [0.1, 0.15) is 5.82 Å². The number of hydrogen-bond acceptors (Lipinski definition) is 15. The Morgan fingerprint density at radius 1 is 0.618 bits per heavy atom. The minimum absolute atomic E-state index is 0.0911. The second-order valence-electron chi connectivity index (χ2n) is 18.3. The van der Waals surface area contributed by atoms with Gasteiger partial charge in [0.05, 0.1) is 28.1 Å². The second-order valence-corrected chi connectivity index (χ2v) is 21.5. The van der Waals surface area contributed by atoms with Gasteiger partial charge in [0, 0.05) is 41.4 Å². The van der Waals surface area contributed by atoms with Crippen molar-refractivity contribution < 1.29 is 33.5 Å². The van der Waals surface area contributed by atoms with Gasteiger partial charge in [-0.05, 0) is 127 Å². The highest BCUT2D eigenvalue weighted by Gasteiger charge is 2.41. The van der Waals surface area contributed by atoms with Crippen LogP contribution in [0.3, 0.4) is 0 Å². The zero-order chi connectivity index (χ0) is 48.0. The summed E-state index contributed by atoms with van der Waals surface area (Å²) in [5.74, 6) is 1.64. The van der Waals surface area contributed by atoms with Crippen LogP contribution in [0.2, 0.25) is 0 Å². The van der Waals surface area contributed by atoms with E-state index in [4.69, 9.17) is 15.0 Å². The summed E-state index contributed by atoms with van der Waals surface area (Å²) >= 11 is 0. The van der Waals surface area contributed by atoms with Crippen molar-refractivity contribution in [1.82, 2.24) is 39.9 Å². The normalized spacial score (nSPS) is 17.9. The van der Waals surface area contributed by atoms with Crippen molar-refractivity contribution in [3.05, 3.63) is 107 Å². The standard InChI is InChI=1S/C44H48N14O8P2/c1-43(2)20-24(16-35-53-38(46-26-4-10-30(11-5-26)67(61,62)63)57-39(54-35)49-29-9-15-33-34(19-29)52-42(60)51-33)21-44(3,22-43)23-45-37-55-40(47-27-6-12-31(13-7-27)68(64,65)66)58-41(56-37)48-28-8-14-32-25(17-28)18-36(59)50-32/h4-15,17,19,24H,16,18,20-23H2,1-3H3,(H,50,59)(H2,51,52,60)(H2,61,62,63)(H2,64,65,66)(H2,46,49,53,54,57)(H3,45,47,48,55,56,58). The molecule has 2 atom stereocenters. The van der Waals surface area contributed by atoms with Crippen LogP contribution in [0.5, 0.6) is 0 Å². The molecule has 0 bridgehead atoms. The minimum atomic E-state index is -4.45. The van der Waals surface area contributed by atoms with Gasteiger partial charge in [0.25, 0.3) is 0 Å². The first-order valence-electron chi connectivity index (χ1n) is 21.5. The molecule has 1 fully saturated rings. The topological polar surface area (TPSA) is 330 Å². The molecule has 68 heavy (non-hydrogen) atoms. The van der Waals surface area contributed by atoms with E-state index in [0.29, 0.717) is 52.6 Å². The van der Waals surface area contributed by atoms with Crippen molar-refractivity contribution in [3.63, 3.8) is 0 Å². The molecule has 1 aliphatic heterocycles. The molecule has 9 rings (SSSR count). The highest BCUT2D eigenvalue weighted by molar-refractivity contribution is 7.60. The number of amides is 1. The smallest absolute Gasteiger partial charge is 0.353 e. The Bertz CT molecular complexity index is 3210. The third-order valence-electron chi connectivity index (χ3n) is 11.7. The van der Waals surface area contributed by atoms with E-state index in [1.54, 1.807) is 18.2 Å². The Balaban J connectivity index is 0.962. The molecule has 1 aliphatic carbocycles. The first-order chi connectivity index (χ1) is 32.2. The summed E-state index contributed by atoms with van der Waals surface area (Å²) in [6.45, 7) is 7.16. The highest BCUT2D eigenvalue weighted by atomic mass is 31.2. The molecule has 4 aromatic carbocycles. The SMILES string of the molecule is CC1(C)CC(Cc2nc(Nc3ccc(P(=O)(O)O)cc3)nc(Nc3ccc4[nH]c(=O)[nH]c4c3)n2)CC(C)(CNc2nc(Nc3ccc(P(=O)(O)O)cc3)nc(Nc3ccc4c(c3)CC(=O)N4)n2)C1. The Morgan fingerprint density at radius 2 is 1.12 bits per heavy atom. The lowest BCUT2D eigenvalue weighted by atomic mass is 9.60. The number of rotatable bonds is 15. The maximum absolute atomic E-state index is 12.0. The molecule has 352 valence electrons. The molecule has 0 spiro atoms. The Morgan fingerprint density at radius 3 is 1.71 bits per heavy atom. The van der Waals surface area contributed by atoms with Gasteiger partial charge < -0.3 is 61.4 Å². The van der Waals surface area contributed by atoms with Gasteiger partial charge >= 0.3 is 20.9 Å². The number of carbonyl (C=O) groups excluding carboxylic acids is 1. The number of imidazole rings is 1. The molecule has 4 heterocycles. The van der Waals surface area contributed by atoms with Crippen LogP contribution in [0, 0.1) is 16.7 Å². The highest BCUT2D eigenvalue weighted by Crippen LogP contribution is 2.49. The van der Waals surface area contributed by atoms with Gasteiger partial charge in [-0.2, -0.15) is 29.9 Å². The van der Waals surface area contributed by atoms with Gasteiger partial charge in [-0.15, -0.1) is 0 Å². The molecule has 3 aromatic heterocycles. The minimum Gasteiger partial charge on any atom is -0.353 e. The molecule has 1 saturated carbocycles. The van der Waals surface area contributed by atoms with Crippen molar-refractivity contribution in [2.45, 2.75) is 52.9 Å². The van der Waals surface area contributed by atoms with Gasteiger partial charge in [-0.25, -0.2) is 4.79 Å². The molecule has 22 nitrogen and oxygen atoms in total. The molecule has 0 saturated heterocycles. The molecule has 2 unspecified atom stereocenters. The summed E-state index contributed by atoms with van der Waals surface area (Å²) in [6.07, 6.45) is 3.25. The average Bonchev–Trinajstić information content (AvgIpc) is 3.81.